The van der Waals surface area contributed by atoms with E-state index in [0.29, 0.717) is 0 Å². The highest BCUT2D eigenvalue weighted by Gasteiger charge is 2.30. The molecule has 1 atom stereocenters. The summed E-state index contributed by atoms with van der Waals surface area (Å²) in [6, 6.07) is 42.7. The Kier molecular flexibility index (Phi) is 4.94. The lowest BCUT2D eigenvalue weighted by Crippen LogP contribution is -2.38. The maximum atomic E-state index is 5.33. The van der Waals surface area contributed by atoms with Gasteiger partial charge in [0.1, 0.15) is 5.84 Å². The number of amidine groups is 2. The number of thiophene rings is 1. The zero-order valence-corrected chi connectivity index (χ0v) is 22.1. The Morgan fingerprint density at radius 2 is 1.26 bits per heavy atom. The number of hydrogen-bond donors (Lipinski definition) is 0. The van der Waals surface area contributed by atoms with Crippen molar-refractivity contribution in [1.82, 2.24) is 9.47 Å². The summed E-state index contributed by atoms with van der Waals surface area (Å²) in [7, 11) is 2.10. The van der Waals surface area contributed by atoms with E-state index >= 15 is 0 Å². The van der Waals surface area contributed by atoms with Crippen molar-refractivity contribution >= 4 is 65.0 Å². The molecule has 2 aromatic heterocycles. The molecule has 1 aliphatic rings. The smallest absolute Gasteiger partial charge is 0.206 e. The predicted octanol–water partition coefficient (Wildman–Crippen LogP) is 8.46. The molecule has 4 nitrogen and oxygen atoms in total. The van der Waals surface area contributed by atoms with Crippen molar-refractivity contribution in [2.75, 3.05) is 7.05 Å². The average molecular weight is 521 g/mol. The van der Waals surface area contributed by atoms with Crippen molar-refractivity contribution in [3.63, 3.8) is 0 Å². The standard InChI is InChI=1S/C34H24N4S/c1-37-33(23-14-6-3-7-15-23)35-32(22-12-4-2-5-13-22)36-34(37)38-28-18-10-8-16-24(28)26-20-21-27-25-17-9-11-19-29(25)39-31(27)30(26)38/h2-21,34H,1H3. The highest BCUT2D eigenvalue weighted by Crippen LogP contribution is 2.43. The van der Waals surface area contributed by atoms with Gasteiger partial charge in [-0.3, -0.25) is 4.57 Å². The number of nitrogens with zero attached hydrogens (tertiary/aromatic N) is 4. The largest absolute Gasteiger partial charge is 0.320 e. The van der Waals surface area contributed by atoms with Gasteiger partial charge in [0.2, 0.25) is 6.29 Å². The number of benzene rings is 5. The summed E-state index contributed by atoms with van der Waals surface area (Å²) in [6.07, 6.45) is -0.314. The van der Waals surface area contributed by atoms with Crippen LogP contribution in [0, 0.1) is 0 Å². The molecule has 5 heteroatoms. The Balaban J connectivity index is 1.47. The fraction of sp³-hybridized carbons (Fsp3) is 0.0588. The van der Waals surface area contributed by atoms with Crippen LogP contribution in [-0.4, -0.2) is 28.2 Å². The molecule has 0 saturated heterocycles. The number of para-hydroxylation sites is 1. The number of aromatic nitrogens is 1. The molecule has 0 saturated carbocycles. The minimum Gasteiger partial charge on any atom is -0.320 e. The second-order valence-electron chi connectivity index (χ2n) is 9.90. The van der Waals surface area contributed by atoms with Crippen LogP contribution >= 0.6 is 11.3 Å². The van der Waals surface area contributed by atoms with Crippen LogP contribution in [0.2, 0.25) is 0 Å². The first-order valence-electron chi connectivity index (χ1n) is 13.1. The first-order chi connectivity index (χ1) is 19.3. The molecule has 0 spiro atoms. The first-order valence-corrected chi connectivity index (χ1v) is 13.9. The third-order valence-corrected chi connectivity index (χ3v) is 8.83. The molecule has 8 rings (SSSR count). The van der Waals surface area contributed by atoms with Crippen molar-refractivity contribution < 1.29 is 0 Å². The van der Waals surface area contributed by atoms with Crippen LogP contribution in [0.5, 0.6) is 0 Å². The molecule has 0 N–H and O–H groups in total. The van der Waals surface area contributed by atoms with Crippen LogP contribution in [-0.2, 0) is 0 Å². The van der Waals surface area contributed by atoms with Gasteiger partial charge in [0, 0.05) is 44.4 Å². The fourth-order valence-electron chi connectivity index (χ4n) is 5.83. The van der Waals surface area contributed by atoms with Gasteiger partial charge in [-0.05, 0) is 12.1 Å². The second kappa shape index (κ2) is 8.65. The average Bonchev–Trinajstić information content (AvgIpc) is 3.54. The maximum absolute atomic E-state index is 5.33. The van der Waals surface area contributed by atoms with E-state index in [0.717, 1.165) is 22.8 Å². The Morgan fingerprint density at radius 1 is 0.615 bits per heavy atom. The molecule has 39 heavy (non-hydrogen) atoms. The van der Waals surface area contributed by atoms with Crippen LogP contribution in [0.15, 0.2) is 131 Å². The van der Waals surface area contributed by atoms with E-state index in [9.17, 15) is 0 Å². The topological polar surface area (TPSA) is 32.9 Å². The molecule has 5 aromatic carbocycles. The molecule has 3 heterocycles. The van der Waals surface area contributed by atoms with Crippen molar-refractivity contribution in [3.8, 4) is 0 Å². The van der Waals surface area contributed by atoms with Gasteiger partial charge in [0.15, 0.2) is 5.84 Å². The lowest BCUT2D eigenvalue weighted by Gasteiger charge is -2.34. The lowest BCUT2D eigenvalue weighted by atomic mass is 10.1. The van der Waals surface area contributed by atoms with Gasteiger partial charge >= 0.3 is 0 Å². The van der Waals surface area contributed by atoms with Gasteiger partial charge < -0.3 is 4.90 Å². The van der Waals surface area contributed by atoms with E-state index < -0.39 is 0 Å². The minimum atomic E-state index is -0.314. The number of fused-ring (bicyclic) bond motifs is 7. The summed E-state index contributed by atoms with van der Waals surface area (Å²) in [5.41, 5.74) is 4.47. The van der Waals surface area contributed by atoms with Gasteiger partial charge in [-0.25, -0.2) is 9.98 Å². The van der Waals surface area contributed by atoms with Crippen molar-refractivity contribution in [2.24, 2.45) is 9.98 Å². The van der Waals surface area contributed by atoms with E-state index in [2.05, 4.69) is 114 Å². The highest BCUT2D eigenvalue weighted by molar-refractivity contribution is 7.26. The highest BCUT2D eigenvalue weighted by atomic mass is 32.1. The Morgan fingerprint density at radius 3 is 2.05 bits per heavy atom. The van der Waals surface area contributed by atoms with E-state index in [-0.39, 0.29) is 6.29 Å². The number of hydrogen-bond acceptors (Lipinski definition) is 4. The zero-order chi connectivity index (χ0) is 25.9. The molecule has 0 bridgehead atoms. The maximum Gasteiger partial charge on any atom is 0.206 e. The number of aliphatic imine (C=N–C) groups is 2. The van der Waals surface area contributed by atoms with Crippen LogP contribution in [0.25, 0.3) is 42.0 Å². The van der Waals surface area contributed by atoms with E-state index in [4.69, 9.17) is 9.98 Å². The SMILES string of the molecule is CN1C(c2ccccc2)=NC(c2ccccc2)=NC1n1c2ccccc2c2ccc3c4ccccc4sc3c21. The quantitative estimate of drug-likeness (QED) is 0.230. The molecule has 0 fully saturated rings. The van der Waals surface area contributed by atoms with E-state index in [1.165, 1.54) is 42.0 Å². The third-order valence-electron chi connectivity index (χ3n) is 7.64. The van der Waals surface area contributed by atoms with Crippen LogP contribution in [0.1, 0.15) is 17.4 Å². The van der Waals surface area contributed by atoms with Crippen molar-refractivity contribution in [2.45, 2.75) is 6.29 Å². The molecule has 186 valence electrons. The molecule has 0 amide bonds. The van der Waals surface area contributed by atoms with Gasteiger partial charge in [0.25, 0.3) is 0 Å². The molecular weight excluding hydrogens is 496 g/mol. The zero-order valence-electron chi connectivity index (χ0n) is 21.3. The molecule has 7 aromatic rings. The van der Waals surface area contributed by atoms with E-state index in [1.807, 2.05) is 35.6 Å². The molecule has 1 aliphatic heterocycles. The second-order valence-corrected chi connectivity index (χ2v) is 11.0. The number of rotatable bonds is 3. The van der Waals surface area contributed by atoms with Crippen molar-refractivity contribution in [3.05, 3.63) is 132 Å². The predicted molar refractivity (Wildman–Crippen MR) is 165 cm³/mol. The lowest BCUT2D eigenvalue weighted by molar-refractivity contribution is 0.297. The summed E-state index contributed by atoms with van der Waals surface area (Å²) < 4.78 is 5.01. The summed E-state index contributed by atoms with van der Waals surface area (Å²) in [4.78, 5) is 12.6. The van der Waals surface area contributed by atoms with Crippen LogP contribution < -0.4 is 0 Å². The van der Waals surface area contributed by atoms with E-state index in [1.54, 1.807) is 0 Å². The monoisotopic (exact) mass is 520 g/mol. The minimum absolute atomic E-state index is 0.314. The molecule has 1 unspecified atom stereocenters. The summed E-state index contributed by atoms with van der Waals surface area (Å²) in [6.45, 7) is 0. The molecule has 0 aliphatic carbocycles. The van der Waals surface area contributed by atoms with Gasteiger partial charge in [-0.2, -0.15) is 0 Å². The van der Waals surface area contributed by atoms with Gasteiger partial charge in [-0.15, -0.1) is 11.3 Å². The molecule has 0 radical (unpaired) electrons. The van der Waals surface area contributed by atoms with Gasteiger partial charge in [-0.1, -0.05) is 109 Å². The van der Waals surface area contributed by atoms with Gasteiger partial charge in [0.05, 0.1) is 15.7 Å². The van der Waals surface area contributed by atoms with Crippen molar-refractivity contribution in [1.29, 1.82) is 0 Å². The summed E-state index contributed by atoms with van der Waals surface area (Å²) in [5.74, 6) is 1.65. The Labute approximate surface area is 229 Å². The summed E-state index contributed by atoms with van der Waals surface area (Å²) >= 11 is 1.86. The summed E-state index contributed by atoms with van der Waals surface area (Å²) in [5, 5.41) is 5.07. The molecular formula is C34H24N4S. The Hall–Kier alpha value is -4.74. The fourth-order valence-corrected chi connectivity index (χ4v) is 7.08. The van der Waals surface area contributed by atoms with Crippen LogP contribution in [0.4, 0.5) is 0 Å². The first kappa shape index (κ1) is 22.3. The van der Waals surface area contributed by atoms with Crippen LogP contribution in [0.3, 0.4) is 0 Å². The Bertz CT molecular complexity index is 2080. The normalized spacial score (nSPS) is 15.8. The third kappa shape index (κ3) is 3.37.